The molecule has 0 aliphatic heterocycles. The lowest BCUT2D eigenvalue weighted by atomic mass is 10.1. The first-order chi connectivity index (χ1) is 14.4. The lowest BCUT2D eigenvalue weighted by molar-refractivity contribution is -0.274. The summed E-state index contributed by atoms with van der Waals surface area (Å²) in [7, 11) is 0. The number of nitrogens with one attached hydrogen (secondary N) is 3. The zero-order valence-corrected chi connectivity index (χ0v) is 15.3. The summed E-state index contributed by atoms with van der Waals surface area (Å²) in [6.45, 7) is 0. The van der Waals surface area contributed by atoms with Gasteiger partial charge in [-0.1, -0.05) is 24.3 Å². The van der Waals surface area contributed by atoms with E-state index < -0.39 is 12.4 Å². The predicted molar refractivity (Wildman–Crippen MR) is 107 cm³/mol. The Morgan fingerprint density at radius 3 is 2.33 bits per heavy atom. The van der Waals surface area contributed by atoms with Gasteiger partial charge in [-0.15, -0.1) is 13.2 Å². The minimum absolute atomic E-state index is 0.309. The van der Waals surface area contributed by atoms with E-state index >= 15 is 0 Å². The molecule has 0 radical (unpaired) electrons. The third-order valence-electron chi connectivity index (χ3n) is 4.17. The molecule has 1 aromatic heterocycles. The van der Waals surface area contributed by atoms with E-state index in [1.165, 1.54) is 12.1 Å². The Hall–Kier alpha value is -4.01. The fraction of sp³-hybridized carbons (Fsp3) is 0.0476. The molecule has 4 rings (SSSR count). The Balaban J connectivity index is 1.49. The Bertz CT molecular complexity index is 1150. The summed E-state index contributed by atoms with van der Waals surface area (Å²) < 4.78 is 40.5. The standard InChI is InChI=1S/C21H15F3N4O2/c22-21(23,24)30-14-11-9-13(10-12-14)25-20(29)28-16-6-2-1-5-15(16)19-26-17-7-3-4-8-18(17)27-19/h1-12H,(H,26,27)(H2,25,28,29). The van der Waals surface area contributed by atoms with E-state index in [2.05, 4.69) is 25.3 Å². The van der Waals surface area contributed by atoms with Gasteiger partial charge in [-0.2, -0.15) is 0 Å². The number of para-hydroxylation sites is 3. The number of benzene rings is 3. The van der Waals surface area contributed by atoms with Crippen molar-refractivity contribution in [3.63, 3.8) is 0 Å². The lowest BCUT2D eigenvalue weighted by Crippen LogP contribution is -2.20. The molecule has 0 spiro atoms. The third-order valence-corrected chi connectivity index (χ3v) is 4.17. The van der Waals surface area contributed by atoms with E-state index in [1.807, 2.05) is 36.4 Å². The van der Waals surface area contributed by atoms with Crippen molar-refractivity contribution in [3.05, 3.63) is 72.8 Å². The number of hydrogen-bond donors (Lipinski definition) is 3. The van der Waals surface area contributed by atoms with E-state index in [0.717, 1.165) is 23.2 Å². The highest BCUT2D eigenvalue weighted by Gasteiger charge is 2.30. The molecule has 9 heteroatoms. The molecule has 6 nitrogen and oxygen atoms in total. The summed E-state index contributed by atoms with van der Waals surface area (Å²) in [5.74, 6) is 0.226. The highest BCUT2D eigenvalue weighted by Crippen LogP contribution is 2.28. The third kappa shape index (κ3) is 4.52. The molecular formula is C21H15F3N4O2. The number of fused-ring (bicyclic) bond motifs is 1. The number of imidazole rings is 1. The number of rotatable bonds is 4. The Kier molecular flexibility index (Phi) is 5.01. The zero-order valence-electron chi connectivity index (χ0n) is 15.3. The molecule has 1 heterocycles. The van der Waals surface area contributed by atoms with Gasteiger partial charge < -0.3 is 20.4 Å². The molecule has 0 bridgehead atoms. The van der Waals surface area contributed by atoms with Crippen LogP contribution in [0, 0.1) is 0 Å². The number of alkyl halides is 3. The monoisotopic (exact) mass is 412 g/mol. The minimum Gasteiger partial charge on any atom is -0.406 e. The average molecular weight is 412 g/mol. The fourth-order valence-corrected chi connectivity index (χ4v) is 2.90. The Morgan fingerprint density at radius 2 is 1.60 bits per heavy atom. The summed E-state index contributed by atoms with van der Waals surface area (Å²) in [4.78, 5) is 20.1. The summed E-state index contributed by atoms with van der Waals surface area (Å²) in [5.41, 5.74) is 3.19. The average Bonchev–Trinajstić information content (AvgIpc) is 3.13. The van der Waals surface area contributed by atoms with Crippen LogP contribution in [-0.2, 0) is 0 Å². The summed E-state index contributed by atoms with van der Waals surface area (Å²) in [6, 6.07) is 19.0. The second-order valence-electron chi connectivity index (χ2n) is 6.30. The van der Waals surface area contributed by atoms with Crippen LogP contribution in [-0.4, -0.2) is 22.4 Å². The van der Waals surface area contributed by atoms with Gasteiger partial charge in [0, 0.05) is 11.3 Å². The minimum atomic E-state index is -4.77. The SMILES string of the molecule is O=C(Nc1ccc(OC(F)(F)F)cc1)Nc1ccccc1-c1nc2ccccc2[nH]1. The number of carbonyl (C=O) groups excluding carboxylic acids is 1. The van der Waals surface area contributed by atoms with Crippen LogP contribution in [0.15, 0.2) is 72.8 Å². The molecule has 0 fully saturated rings. The first kappa shape index (κ1) is 19.3. The van der Waals surface area contributed by atoms with Gasteiger partial charge >= 0.3 is 12.4 Å². The molecule has 0 saturated heterocycles. The van der Waals surface area contributed by atoms with Gasteiger partial charge in [0.1, 0.15) is 11.6 Å². The highest BCUT2D eigenvalue weighted by atomic mass is 19.4. The van der Waals surface area contributed by atoms with Crippen LogP contribution < -0.4 is 15.4 Å². The molecular weight excluding hydrogens is 397 g/mol. The molecule has 2 amide bonds. The van der Waals surface area contributed by atoms with Gasteiger partial charge in [-0.3, -0.25) is 0 Å². The number of amides is 2. The van der Waals surface area contributed by atoms with E-state index in [1.54, 1.807) is 12.1 Å². The molecule has 4 aromatic rings. The Labute approximate surface area is 168 Å². The topological polar surface area (TPSA) is 79.0 Å². The van der Waals surface area contributed by atoms with Crippen LogP contribution in [0.5, 0.6) is 5.75 Å². The van der Waals surface area contributed by atoms with Gasteiger partial charge in [-0.05, 0) is 48.5 Å². The molecule has 3 N–H and O–H groups in total. The molecule has 0 unspecified atom stereocenters. The van der Waals surface area contributed by atoms with Crippen molar-refractivity contribution in [1.29, 1.82) is 0 Å². The maximum Gasteiger partial charge on any atom is 0.573 e. The van der Waals surface area contributed by atoms with E-state index in [0.29, 0.717) is 22.8 Å². The smallest absolute Gasteiger partial charge is 0.406 e. The molecule has 0 aliphatic rings. The highest BCUT2D eigenvalue weighted by molar-refractivity contribution is 6.02. The van der Waals surface area contributed by atoms with Crippen molar-refractivity contribution in [2.45, 2.75) is 6.36 Å². The number of ether oxygens (including phenoxy) is 1. The second-order valence-corrected chi connectivity index (χ2v) is 6.30. The van der Waals surface area contributed by atoms with Crippen LogP contribution in [0.3, 0.4) is 0 Å². The van der Waals surface area contributed by atoms with Crippen LogP contribution in [0.25, 0.3) is 22.4 Å². The number of H-pyrrole nitrogens is 1. The first-order valence-corrected chi connectivity index (χ1v) is 8.85. The number of carbonyl (C=O) groups is 1. The van der Waals surface area contributed by atoms with Gasteiger partial charge in [0.2, 0.25) is 0 Å². The molecule has 0 aliphatic carbocycles. The number of aromatic nitrogens is 2. The van der Waals surface area contributed by atoms with Crippen LogP contribution in [0.2, 0.25) is 0 Å². The van der Waals surface area contributed by atoms with E-state index in [-0.39, 0.29) is 5.75 Å². The van der Waals surface area contributed by atoms with Crippen molar-refractivity contribution in [2.24, 2.45) is 0 Å². The number of anilines is 2. The van der Waals surface area contributed by atoms with Gasteiger partial charge in [-0.25, -0.2) is 9.78 Å². The van der Waals surface area contributed by atoms with Gasteiger partial charge in [0.25, 0.3) is 0 Å². The maximum absolute atomic E-state index is 12.4. The van der Waals surface area contributed by atoms with Crippen LogP contribution in [0.1, 0.15) is 0 Å². The van der Waals surface area contributed by atoms with E-state index in [9.17, 15) is 18.0 Å². The quantitative estimate of drug-likeness (QED) is 0.398. The molecule has 0 saturated carbocycles. The number of aromatic amines is 1. The van der Waals surface area contributed by atoms with E-state index in [4.69, 9.17) is 0 Å². The second kappa shape index (κ2) is 7.78. The molecule has 152 valence electrons. The number of halogens is 3. The molecule has 30 heavy (non-hydrogen) atoms. The predicted octanol–water partition coefficient (Wildman–Crippen LogP) is 5.77. The summed E-state index contributed by atoms with van der Waals surface area (Å²) in [6.07, 6.45) is -4.77. The zero-order chi connectivity index (χ0) is 21.1. The van der Waals surface area contributed by atoms with Crippen molar-refractivity contribution in [3.8, 4) is 17.1 Å². The van der Waals surface area contributed by atoms with Crippen LogP contribution in [0.4, 0.5) is 29.3 Å². The first-order valence-electron chi connectivity index (χ1n) is 8.85. The normalized spacial score (nSPS) is 11.3. The van der Waals surface area contributed by atoms with Gasteiger partial charge in [0.15, 0.2) is 0 Å². The number of hydrogen-bond acceptors (Lipinski definition) is 3. The van der Waals surface area contributed by atoms with Crippen LogP contribution >= 0.6 is 0 Å². The van der Waals surface area contributed by atoms with Gasteiger partial charge in [0.05, 0.1) is 16.7 Å². The summed E-state index contributed by atoms with van der Waals surface area (Å²) >= 11 is 0. The molecule has 3 aromatic carbocycles. The lowest BCUT2D eigenvalue weighted by Gasteiger charge is -2.12. The number of urea groups is 1. The van der Waals surface area contributed by atoms with Crippen molar-refractivity contribution in [1.82, 2.24) is 9.97 Å². The molecule has 0 atom stereocenters. The number of nitrogens with zero attached hydrogens (tertiary/aromatic N) is 1. The largest absolute Gasteiger partial charge is 0.573 e. The van der Waals surface area contributed by atoms with Crippen molar-refractivity contribution >= 4 is 28.4 Å². The summed E-state index contributed by atoms with van der Waals surface area (Å²) in [5, 5.41) is 5.30. The van der Waals surface area contributed by atoms with Crippen molar-refractivity contribution < 1.29 is 22.7 Å². The Morgan fingerprint density at radius 1 is 0.900 bits per heavy atom. The fourth-order valence-electron chi connectivity index (χ4n) is 2.90. The van der Waals surface area contributed by atoms with Crippen molar-refractivity contribution in [2.75, 3.05) is 10.6 Å². The maximum atomic E-state index is 12.4.